The molecule has 2 aromatic rings. The van der Waals surface area contributed by atoms with Crippen LogP contribution in [-0.4, -0.2) is 44.3 Å². The van der Waals surface area contributed by atoms with Gasteiger partial charge in [-0.05, 0) is 245 Å². The molecule has 6 rings (SSSR count). The summed E-state index contributed by atoms with van der Waals surface area (Å²) in [6.45, 7) is 39.0. The van der Waals surface area contributed by atoms with E-state index in [1.54, 1.807) is 27.6 Å². The molecule has 4 unspecified atom stereocenters. The Bertz CT molecular complexity index is 1670. The Morgan fingerprint density at radius 3 is 1.06 bits per heavy atom. The molecule has 4 heteroatoms. The van der Waals surface area contributed by atoms with Crippen LogP contribution in [-0.2, 0) is 0 Å². The number of nitrogens with one attached hydrogen (secondary N) is 4. The van der Waals surface area contributed by atoms with E-state index in [0.717, 1.165) is 0 Å². The zero-order valence-electron chi connectivity index (χ0n) is 38.1. The topological polar surface area (TPSA) is 48.1 Å². The van der Waals surface area contributed by atoms with Gasteiger partial charge in [-0.1, -0.05) is 24.3 Å². The van der Waals surface area contributed by atoms with Crippen LogP contribution < -0.4 is 21.3 Å². The predicted octanol–water partition coefficient (Wildman–Crippen LogP) is 12.5. The number of hydrogen-bond donors (Lipinski definition) is 4. The second-order valence-electron chi connectivity index (χ2n) is 24.6. The first-order chi connectivity index (χ1) is 24.5. The Morgan fingerprint density at radius 2 is 0.667 bits per heavy atom. The molecule has 4 aliphatic heterocycles. The summed E-state index contributed by atoms with van der Waals surface area (Å²) < 4.78 is 0. The first-order valence-electron chi connectivity index (χ1n) is 22.3. The predicted molar refractivity (Wildman–Crippen MR) is 235 cm³/mol. The molecule has 4 aliphatic rings. The molecule has 4 N–H and O–H groups in total. The van der Waals surface area contributed by atoms with Gasteiger partial charge in [-0.15, -0.1) is 0 Å². The van der Waals surface area contributed by atoms with Gasteiger partial charge in [0.1, 0.15) is 0 Å². The molecule has 4 fully saturated rings. The highest BCUT2D eigenvalue weighted by molar-refractivity contribution is 5.89. The van der Waals surface area contributed by atoms with Gasteiger partial charge in [-0.25, -0.2) is 0 Å². The van der Waals surface area contributed by atoms with Crippen molar-refractivity contribution < 1.29 is 0 Å². The summed E-state index contributed by atoms with van der Waals surface area (Å²) >= 11 is 0. The summed E-state index contributed by atoms with van der Waals surface area (Å²) in [7, 11) is 0. The first kappa shape index (κ1) is 42.2. The van der Waals surface area contributed by atoms with Gasteiger partial charge in [0.05, 0.1) is 0 Å². The van der Waals surface area contributed by atoms with Gasteiger partial charge >= 0.3 is 0 Å². The fourth-order valence-electron chi connectivity index (χ4n) is 13.0. The molecule has 0 bridgehead atoms. The van der Waals surface area contributed by atoms with Gasteiger partial charge < -0.3 is 21.3 Å². The van der Waals surface area contributed by atoms with Crippen molar-refractivity contribution in [3.63, 3.8) is 0 Å². The smallest absolute Gasteiger partial charge is 0.0135 e. The quantitative estimate of drug-likeness (QED) is 0.252. The molecule has 304 valence electrons. The summed E-state index contributed by atoms with van der Waals surface area (Å²) in [4.78, 5) is 0. The minimum absolute atomic E-state index is 0.0717. The fraction of sp³-hybridized carbons (Fsp3) is 0.800. The maximum atomic E-state index is 4.09. The molecular weight excluding hydrogens is 657 g/mol. The summed E-state index contributed by atoms with van der Waals surface area (Å²) in [5.74, 6) is 2.15. The molecule has 0 spiro atoms. The van der Waals surface area contributed by atoms with Crippen molar-refractivity contribution >= 4 is 10.8 Å². The molecule has 2 aromatic carbocycles. The van der Waals surface area contributed by atoms with E-state index in [4.69, 9.17) is 0 Å². The third kappa shape index (κ3) is 10.2. The second kappa shape index (κ2) is 14.1. The molecule has 4 saturated heterocycles. The summed E-state index contributed by atoms with van der Waals surface area (Å²) in [6.07, 6.45) is 14.5. The molecule has 0 aliphatic carbocycles. The van der Waals surface area contributed by atoms with Crippen molar-refractivity contribution in [2.45, 2.75) is 256 Å². The Hall–Kier alpha value is -1.46. The van der Waals surface area contributed by atoms with E-state index in [2.05, 4.69) is 156 Å². The Labute approximate surface area is 333 Å². The fourth-order valence-corrected chi connectivity index (χ4v) is 13.0. The molecule has 0 saturated carbocycles. The lowest BCUT2D eigenvalue weighted by atomic mass is 9.73. The highest BCUT2D eigenvalue weighted by atomic mass is 15.1. The van der Waals surface area contributed by atoms with Crippen LogP contribution in [0.1, 0.15) is 234 Å². The lowest BCUT2D eigenvalue weighted by Gasteiger charge is -2.36. The number of fused-ring (bicyclic) bond motifs is 1. The molecule has 0 amide bonds. The van der Waals surface area contributed by atoms with Crippen molar-refractivity contribution in [1.82, 2.24) is 21.3 Å². The van der Waals surface area contributed by atoms with Crippen LogP contribution in [0.3, 0.4) is 0 Å². The van der Waals surface area contributed by atoms with Crippen molar-refractivity contribution in [1.29, 1.82) is 0 Å². The van der Waals surface area contributed by atoms with E-state index in [9.17, 15) is 0 Å². The van der Waals surface area contributed by atoms with E-state index in [1.165, 1.54) is 82.4 Å². The summed E-state index contributed by atoms with van der Waals surface area (Å²) in [5, 5.41) is 19.4. The van der Waals surface area contributed by atoms with Crippen molar-refractivity contribution in [3.05, 3.63) is 46.5 Å². The molecular formula is C50H84N4. The van der Waals surface area contributed by atoms with Crippen LogP contribution in [0, 0.1) is 0 Å². The lowest BCUT2D eigenvalue weighted by molar-refractivity contribution is 0.265. The van der Waals surface area contributed by atoms with E-state index in [-0.39, 0.29) is 44.3 Å². The maximum Gasteiger partial charge on any atom is 0.0135 e. The molecule has 0 radical (unpaired) electrons. The van der Waals surface area contributed by atoms with Gasteiger partial charge in [0, 0.05) is 44.3 Å². The van der Waals surface area contributed by atoms with Crippen LogP contribution in [0.5, 0.6) is 0 Å². The van der Waals surface area contributed by atoms with Crippen molar-refractivity contribution in [2.75, 3.05) is 0 Å². The average Bonchev–Trinajstić information content (AvgIpc) is 3.29. The zero-order valence-corrected chi connectivity index (χ0v) is 38.1. The van der Waals surface area contributed by atoms with Crippen LogP contribution in [0.4, 0.5) is 0 Å². The Balaban J connectivity index is 1.59. The van der Waals surface area contributed by atoms with Crippen LogP contribution in [0.2, 0.25) is 0 Å². The van der Waals surface area contributed by atoms with Crippen LogP contribution >= 0.6 is 0 Å². The summed E-state index contributed by atoms with van der Waals surface area (Å²) in [6, 6.07) is 11.0. The lowest BCUT2D eigenvalue weighted by Crippen LogP contribution is -2.50. The monoisotopic (exact) mass is 741 g/mol. The average molecular weight is 741 g/mol. The van der Waals surface area contributed by atoms with E-state index < -0.39 is 0 Å². The van der Waals surface area contributed by atoms with Gasteiger partial charge in [-0.3, -0.25) is 0 Å². The Morgan fingerprint density at radius 1 is 0.352 bits per heavy atom. The molecule has 4 atom stereocenters. The third-order valence-corrected chi connectivity index (χ3v) is 14.2. The molecule has 0 aromatic heterocycles. The summed E-state index contributed by atoms with van der Waals surface area (Å²) in [5.41, 5.74) is 7.40. The number of rotatable bonds is 4. The SMILES string of the molecule is CC1(C)CCC(c2cc(C3CCC(C)(C)NC(C)(C)C3)c3cc(C4CCC(C)(C)NC(C)(C)C4)c(C4CCC(C)(C)NC(C)(C)C4)cc3c2)CC(C)(C)N1. The standard InChI is InChI=1S/C50H84N4/c1-43(2)21-17-33(29-47(9,10)51-43)37-25-38-27-40(35-19-23-45(5,6)53-49(13,14)31-35)41(36-20-24-46(7,8)54-50(15,16)32-36)28-42(38)39(26-37)34-18-22-44(3,4)52-48(11,12)30-34/h25-28,33-36,51-54H,17-24,29-32H2,1-16H3. The zero-order chi connectivity index (χ0) is 39.9. The largest absolute Gasteiger partial charge is 0.307 e. The van der Waals surface area contributed by atoms with E-state index in [0.29, 0.717) is 23.7 Å². The highest BCUT2D eigenvalue weighted by Crippen LogP contribution is 2.49. The van der Waals surface area contributed by atoms with E-state index in [1.807, 2.05) is 0 Å². The van der Waals surface area contributed by atoms with Gasteiger partial charge in [0.15, 0.2) is 0 Å². The molecule has 54 heavy (non-hydrogen) atoms. The van der Waals surface area contributed by atoms with Crippen molar-refractivity contribution in [2.24, 2.45) is 0 Å². The van der Waals surface area contributed by atoms with Crippen molar-refractivity contribution in [3.8, 4) is 0 Å². The van der Waals surface area contributed by atoms with Gasteiger partial charge in [0.25, 0.3) is 0 Å². The normalized spacial score (nSPS) is 32.8. The second-order valence-corrected chi connectivity index (χ2v) is 24.6. The van der Waals surface area contributed by atoms with Crippen LogP contribution in [0.15, 0.2) is 24.3 Å². The number of benzene rings is 2. The molecule has 4 nitrogen and oxygen atoms in total. The minimum atomic E-state index is 0.0717. The first-order valence-corrected chi connectivity index (χ1v) is 22.3. The minimum Gasteiger partial charge on any atom is -0.307 e. The highest BCUT2D eigenvalue weighted by Gasteiger charge is 2.41. The van der Waals surface area contributed by atoms with Crippen LogP contribution in [0.25, 0.3) is 10.8 Å². The maximum absolute atomic E-state index is 4.09. The number of hydrogen-bond acceptors (Lipinski definition) is 4. The van der Waals surface area contributed by atoms with Gasteiger partial charge in [-0.2, -0.15) is 0 Å². The molecule has 4 heterocycles. The van der Waals surface area contributed by atoms with E-state index >= 15 is 0 Å². The Kier molecular flexibility index (Phi) is 11.0. The third-order valence-electron chi connectivity index (χ3n) is 14.2. The van der Waals surface area contributed by atoms with Gasteiger partial charge in [0.2, 0.25) is 0 Å².